The summed E-state index contributed by atoms with van der Waals surface area (Å²) in [7, 11) is 0. The van der Waals surface area contributed by atoms with Crippen molar-refractivity contribution >= 4 is 29.0 Å². The third-order valence-corrected chi connectivity index (χ3v) is 3.35. The van der Waals surface area contributed by atoms with Crippen molar-refractivity contribution in [1.82, 2.24) is 0 Å². The van der Waals surface area contributed by atoms with E-state index in [0.717, 1.165) is 12.0 Å². The predicted molar refractivity (Wildman–Crippen MR) is 89.5 cm³/mol. The average molecular weight is 310 g/mol. The molecule has 2 N–H and O–H groups in total. The Balaban J connectivity index is 2.00. The molecular formula is C18H18N2O3. The molecule has 0 spiro atoms. The number of hydrogen-bond acceptors (Lipinski definition) is 3. The standard InChI is InChI=1S/C18H18N2O3/c1-3-13-7-9-15(10-8-13)19-17(22)18(23)20-16-6-4-5-14(11-16)12(2)21/h4-11H,3H2,1-2H3,(H,19,22)(H,20,23). The summed E-state index contributed by atoms with van der Waals surface area (Å²) in [6, 6.07) is 13.7. The van der Waals surface area contributed by atoms with Crippen LogP contribution in [-0.4, -0.2) is 17.6 Å². The first-order valence-electron chi connectivity index (χ1n) is 7.32. The van der Waals surface area contributed by atoms with E-state index in [1.54, 1.807) is 30.3 Å². The smallest absolute Gasteiger partial charge is 0.314 e. The van der Waals surface area contributed by atoms with E-state index in [1.165, 1.54) is 13.0 Å². The molecule has 23 heavy (non-hydrogen) atoms. The third-order valence-electron chi connectivity index (χ3n) is 3.35. The summed E-state index contributed by atoms with van der Waals surface area (Å²) in [6.07, 6.45) is 0.904. The largest absolute Gasteiger partial charge is 0.318 e. The summed E-state index contributed by atoms with van der Waals surface area (Å²) >= 11 is 0. The molecule has 0 fully saturated rings. The van der Waals surface area contributed by atoms with Crippen molar-refractivity contribution in [3.63, 3.8) is 0 Å². The summed E-state index contributed by atoms with van der Waals surface area (Å²) in [5.74, 6) is -1.66. The topological polar surface area (TPSA) is 75.3 Å². The second kappa shape index (κ2) is 7.35. The molecule has 0 aromatic heterocycles. The van der Waals surface area contributed by atoms with Crippen LogP contribution in [0.1, 0.15) is 29.8 Å². The number of rotatable bonds is 4. The number of anilines is 2. The fraction of sp³-hybridized carbons (Fsp3) is 0.167. The monoisotopic (exact) mass is 310 g/mol. The number of hydrogen-bond donors (Lipinski definition) is 2. The molecule has 0 radical (unpaired) electrons. The SMILES string of the molecule is CCc1ccc(NC(=O)C(=O)Nc2cccc(C(C)=O)c2)cc1. The normalized spacial score (nSPS) is 10.0. The van der Waals surface area contributed by atoms with Crippen molar-refractivity contribution in [1.29, 1.82) is 0 Å². The van der Waals surface area contributed by atoms with Crippen molar-refractivity contribution in [2.75, 3.05) is 10.6 Å². The van der Waals surface area contributed by atoms with Gasteiger partial charge in [0, 0.05) is 16.9 Å². The van der Waals surface area contributed by atoms with Crippen LogP contribution in [0.5, 0.6) is 0 Å². The maximum Gasteiger partial charge on any atom is 0.314 e. The summed E-state index contributed by atoms with van der Waals surface area (Å²) in [4.78, 5) is 35.1. The van der Waals surface area contributed by atoms with Crippen LogP contribution in [-0.2, 0) is 16.0 Å². The van der Waals surface area contributed by atoms with Gasteiger partial charge in [0.25, 0.3) is 0 Å². The zero-order valence-electron chi connectivity index (χ0n) is 13.1. The highest BCUT2D eigenvalue weighted by atomic mass is 16.2. The maximum atomic E-state index is 11.9. The summed E-state index contributed by atoms with van der Waals surface area (Å²) in [6.45, 7) is 3.48. The highest BCUT2D eigenvalue weighted by Crippen LogP contribution is 2.12. The van der Waals surface area contributed by atoms with Crippen molar-refractivity contribution in [2.45, 2.75) is 20.3 Å². The van der Waals surface area contributed by atoms with Crippen LogP contribution in [0.3, 0.4) is 0 Å². The Labute approximate surface area is 134 Å². The number of benzene rings is 2. The third kappa shape index (κ3) is 4.51. The molecule has 0 bridgehead atoms. The molecule has 2 rings (SSSR count). The second-order valence-electron chi connectivity index (χ2n) is 5.10. The molecule has 2 amide bonds. The molecule has 5 nitrogen and oxygen atoms in total. The van der Waals surface area contributed by atoms with Crippen LogP contribution in [0.4, 0.5) is 11.4 Å². The second-order valence-corrected chi connectivity index (χ2v) is 5.10. The van der Waals surface area contributed by atoms with Gasteiger partial charge in [-0.25, -0.2) is 0 Å². The minimum absolute atomic E-state index is 0.110. The van der Waals surface area contributed by atoms with Crippen LogP contribution >= 0.6 is 0 Å². The van der Waals surface area contributed by atoms with Gasteiger partial charge in [0.15, 0.2) is 5.78 Å². The summed E-state index contributed by atoms with van der Waals surface area (Å²) in [5.41, 5.74) is 2.57. The van der Waals surface area contributed by atoms with Gasteiger partial charge in [-0.05, 0) is 43.2 Å². The Morgan fingerprint density at radius 3 is 2.04 bits per heavy atom. The lowest BCUT2D eigenvalue weighted by molar-refractivity contribution is -0.132. The molecule has 2 aromatic carbocycles. The van der Waals surface area contributed by atoms with Gasteiger partial charge >= 0.3 is 11.8 Å². The Morgan fingerprint density at radius 1 is 0.870 bits per heavy atom. The first-order valence-corrected chi connectivity index (χ1v) is 7.32. The first kappa shape index (κ1) is 16.4. The number of aryl methyl sites for hydroxylation is 1. The number of ketones is 1. The minimum Gasteiger partial charge on any atom is -0.318 e. The molecule has 5 heteroatoms. The van der Waals surface area contributed by atoms with Crippen LogP contribution < -0.4 is 10.6 Å². The molecule has 0 heterocycles. The molecular weight excluding hydrogens is 292 g/mol. The minimum atomic E-state index is -0.787. The van der Waals surface area contributed by atoms with Gasteiger partial charge in [0.05, 0.1) is 0 Å². The number of amides is 2. The van der Waals surface area contributed by atoms with Gasteiger partial charge in [0.1, 0.15) is 0 Å². The average Bonchev–Trinajstić information content (AvgIpc) is 2.55. The fourth-order valence-electron chi connectivity index (χ4n) is 2.02. The number of carbonyl (C=O) groups is 3. The number of Topliss-reactive ketones (excluding diaryl/α,β-unsaturated/α-hetero) is 1. The zero-order valence-corrected chi connectivity index (χ0v) is 13.1. The van der Waals surface area contributed by atoms with Gasteiger partial charge in [-0.1, -0.05) is 31.2 Å². The summed E-state index contributed by atoms with van der Waals surface area (Å²) in [5, 5.41) is 5.01. The van der Waals surface area contributed by atoms with Gasteiger partial charge < -0.3 is 10.6 Å². The fourth-order valence-corrected chi connectivity index (χ4v) is 2.02. The van der Waals surface area contributed by atoms with Crippen molar-refractivity contribution in [3.8, 4) is 0 Å². The van der Waals surface area contributed by atoms with Crippen LogP contribution in [0.15, 0.2) is 48.5 Å². The molecule has 0 saturated carbocycles. The van der Waals surface area contributed by atoms with Gasteiger partial charge in [-0.3, -0.25) is 14.4 Å². The lowest BCUT2D eigenvalue weighted by atomic mass is 10.1. The van der Waals surface area contributed by atoms with E-state index < -0.39 is 11.8 Å². The molecule has 0 aliphatic rings. The molecule has 0 aliphatic heterocycles. The Hall–Kier alpha value is -2.95. The van der Waals surface area contributed by atoms with Crippen molar-refractivity contribution in [2.24, 2.45) is 0 Å². The van der Waals surface area contributed by atoms with E-state index in [4.69, 9.17) is 0 Å². The molecule has 0 unspecified atom stereocenters. The molecule has 2 aromatic rings. The van der Waals surface area contributed by atoms with E-state index in [0.29, 0.717) is 16.9 Å². The molecule has 0 aliphatic carbocycles. The van der Waals surface area contributed by atoms with E-state index in [1.807, 2.05) is 19.1 Å². The predicted octanol–water partition coefficient (Wildman–Crippen LogP) is 3.03. The molecule has 0 atom stereocenters. The number of nitrogens with one attached hydrogen (secondary N) is 2. The lowest BCUT2D eigenvalue weighted by Crippen LogP contribution is -2.29. The van der Waals surface area contributed by atoms with E-state index in [-0.39, 0.29) is 5.78 Å². The highest BCUT2D eigenvalue weighted by Gasteiger charge is 2.14. The van der Waals surface area contributed by atoms with Crippen molar-refractivity contribution in [3.05, 3.63) is 59.7 Å². The van der Waals surface area contributed by atoms with Gasteiger partial charge in [0.2, 0.25) is 0 Å². The first-order chi connectivity index (χ1) is 11.0. The quantitative estimate of drug-likeness (QED) is 0.673. The van der Waals surface area contributed by atoms with Crippen LogP contribution in [0.2, 0.25) is 0 Å². The lowest BCUT2D eigenvalue weighted by Gasteiger charge is -2.08. The Bertz CT molecular complexity index is 736. The summed E-state index contributed by atoms with van der Waals surface area (Å²) < 4.78 is 0. The molecule has 0 saturated heterocycles. The van der Waals surface area contributed by atoms with Gasteiger partial charge in [-0.2, -0.15) is 0 Å². The molecule has 118 valence electrons. The van der Waals surface area contributed by atoms with E-state index >= 15 is 0 Å². The van der Waals surface area contributed by atoms with Gasteiger partial charge in [-0.15, -0.1) is 0 Å². The van der Waals surface area contributed by atoms with Crippen LogP contribution in [0, 0.1) is 0 Å². The highest BCUT2D eigenvalue weighted by molar-refractivity contribution is 6.43. The number of carbonyl (C=O) groups excluding carboxylic acids is 3. The van der Waals surface area contributed by atoms with E-state index in [9.17, 15) is 14.4 Å². The Kier molecular flexibility index (Phi) is 5.25. The Morgan fingerprint density at radius 2 is 1.48 bits per heavy atom. The van der Waals surface area contributed by atoms with Crippen molar-refractivity contribution < 1.29 is 14.4 Å². The van der Waals surface area contributed by atoms with E-state index in [2.05, 4.69) is 10.6 Å². The van der Waals surface area contributed by atoms with Crippen LogP contribution in [0.25, 0.3) is 0 Å². The zero-order chi connectivity index (χ0) is 16.8. The maximum absolute atomic E-state index is 11.9.